The Morgan fingerprint density at radius 2 is 2.04 bits per heavy atom. The van der Waals surface area contributed by atoms with Crippen LogP contribution >= 0.6 is 0 Å². The summed E-state index contributed by atoms with van der Waals surface area (Å²) < 4.78 is 38.4. The van der Waals surface area contributed by atoms with Gasteiger partial charge in [0.1, 0.15) is 5.54 Å². The highest BCUT2D eigenvalue weighted by atomic mass is 19.4. The molecule has 2 atom stereocenters. The molecule has 1 saturated heterocycles. The van der Waals surface area contributed by atoms with Crippen molar-refractivity contribution in [1.82, 2.24) is 10.2 Å². The fraction of sp³-hybridized carbons (Fsp3) is 0.529. The number of hydrogen-bond acceptors (Lipinski definition) is 2. The summed E-state index contributed by atoms with van der Waals surface area (Å²) in [5.74, 6) is -0.300. The van der Waals surface area contributed by atoms with Crippen LogP contribution in [0.15, 0.2) is 24.3 Å². The third-order valence-electron chi connectivity index (χ3n) is 5.10. The smallest absolute Gasteiger partial charge is 0.323 e. The van der Waals surface area contributed by atoms with Gasteiger partial charge in [0.25, 0.3) is 5.91 Å². The second-order valence-corrected chi connectivity index (χ2v) is 6.64. The molecular formula is C17H19F3N2O2. The summed E-state index contributed by atoms with van der Waals surface area (Å²) >= 11 is 0. The van der Waals surface area contributed by atoms with Crippen LogP contribution in [0.2, 0.25) is 0 Å². The van der Waals surface area contributed by atoms with Gasteiger partial charge >= 0.3 is 12.2 Å². The first-order valence-electron chi connectivity index (χ1n) is 8.04. The summed E-state index contributed by atoms with van der Waals surface area (Å²) in [6, 6.07) is 4.21. The number of amides is 3. The third kappa shape index (κ3) is 2.76. The standard InChI is InChI=1S/C17H19F3N2O2/c1-11-5-2-3-8-16(11)14(23)22(15(24)21-16)10-12-6-4-7-13(9-12)17(18,19)20/h4,6-7,9,11H,2-3,5,8,10H2,1H3,(H,21,24)/t11-,16-/m1/s1. The Kier molecular flexibility index (Phi) is 4.05. The van der Waals surface area contributed by atoms with Crippen LogP contribution in [0.25, 0.3) is 0 Å². The summed E-state index contributed by atoms with van der Waals surface area (Å²) in [4.78, 5) is 26.1. The number of imide groups is 1. The fourth-order valence-electron chi connectivity index (χ4n) is 3.67. The highest BCUT2D eigenvalue weighted by Crippen LogP contribution is 2.38. The van der Waals surface area contributed by atoms with Crippen LogP contribution in [0.5, 0.6) is 0 Å². The number of carbonyl (C=O) groups is 2. The topological polar surface area (TPSA) is 49.4 Å². The van der Waals surface area contributed by atoms with Crippen molar-refractivity contribution in [3.63, 3.8) is 0 Å². The number of rotatable bonds is 2. The van der Waals surface area contributed by atoms with E-state index in [-0.39, 0.29) is 23.9 Å². The van der Waals surface area contributed by atoms with Gasteiger partial charge in [0.05, 0.1) is 12.1 Å². The van der Waals surface area contributed by atoms with Gasteiger partial charge < -0.3 is 5.32 Å². The second kappa shape index (κ2) is 5.79. The average Bonchev–Trinajstić information content (AvgIpc) is 2.75. The van der Waals surface area contributed by atoms with Crippen molar-refractivity contribution in [2.45, 2.75) is 50.9 Å². The highest BCUT2D eigenvalue weighted by Gasteiger charge is 2.54. The van der Waals surface area contributed by atoms with E-state index in [1.807, 2.05) is 6.92 Å². The third-order valence-corrected chi connectivity index (χ3v) is 5.10. The van der Waals surface area contributed by atoms with Gasteiger partial charge in [0.2, 0.25) is 0 Å². The van der Waals surface area contributed by atoms with Gasteiger partial charge in [-0.2, -0.15) is 13.2 Å². The van der Waals surface area contributed by atoms with Crippen LogP contribution in [0.1, 0.15) is 43.7 Å². The van der Waals surface area contributed by atoms with E-state index >= 15 is 0 Å². The maximum atomic E-state index is 12.8. The van der Waals surface area contributed by atoms with Crippen LogP contribution in [-0.2, 0) is 17.5 Å². The minimum absolute atomic E-state index is 0.0224. The number of carbonyl (C=O) groups excluding carboxylic acids is 2. The van der Waals surface area contributed by atoms with Gasteiger partial charge in [-0.3, -0.25) is 9.69 Å². The quantitative estimate of drug-likeness (QED) is 0.835. The Morgan fingerprint density at radius 3 is 2.71 bits per heavy atom. The van der Waals surface area contributed by atoms with E-state index in [1.54, 1.807) is 0 Å². The molecule has 130 valence electrons. The van der Waals surface area contributed by atoms with E-state index in [9.17, 15) is 22.8 Å². The molecule has 1 aromatic rings. The Morgan fingerprint density at radius 1 is 1.29 bits per heavy atom. The Balaban J connectivity index is 1.83. The van der Waals surface area contributed by atoms with Gasteiger partial charge in [-0.1, -0.05) is 31.9 Å². The lowest BCUT2D eigenvalue weighted by molar-refractivity contribution is -0.137. The molecule has 4 nitrogen and oxygen atoms in total. The van der Waals surface area contributed by atoms with E-state index in [0.717, 1.165) is 36.3 Å². The first kappa shape index (κ1) is 16.8. The lowest BCUT2D eigenvalue weighted by Crippen LogP contribution is -2.53. The van der Waals surface area contributed by atoms with Crippen molar-refractivity contribution in [3.8, 4) is 0 Å². The molecule has 3 amide bonds. The molecular weight excluding hydrogens is 321 g/mol. The predicted molar refractivity (Wildman–Crippen MR) is 80.9 cm³/mol. The van der Waals surface area contributed by atoms with E-state index in [0.29, 0.717) is 6.42 Å². The zero-order valence-corrected chi connectivity index (χ0v) is 13.3. The van der Waals surface area contributed by atoms with Gasteiger partial charge in [-0.05, 0) is 36.5 Å². The van der Waals surface area contributed by atoms with Gasteiger partial charge in [0, 0.05) is 0 Å². The molecule has 1 aromatic carbocycles. The number of benzene rings is 1. The van der Waals surface area contributed by atoms with Crippen LogP contribution in [0.4, 0.5) is 18.0 Å². The molecule has 1 N–H and O–H groups in total. The van der Waals surface area contributed by atoms with Gasteiger partial charge in [-0.25, -0.2) is 4.79 Å². The predicted octanol–water partition coefficient (Wildman–Crippen LogP) is 3.71. The molecule has 3 rings (SSSR count). The van der Waals surface area contributed by atoms with Crippen LogP contribution < -0.4 is 5.32 Å². The zero-order chi connectivity index (χ0) is 17.5. The average molecular weight is 340 g/mol. The van der Waals surface area contributed by atoms with E-state index < -0.39 is 23.3 Å². The number of alkyl halides is 3. The fourth-order valence-corrected chi connectivity index (χ4v) is 3.67. The monoisotopic (exact) mass is 340 g/mol. The normalized spacial score (nSPS) is 27.7. The maximum absolute atomic E-state index is 12.8. The molecule has 1 heterocycles. The molecule has 0 unspecified atom stereocenters. The van der Waals surface area contributed by atoms with Crippen molar-refractivity contribution >= 4 is 11.9 Å². The van der Waals surface area contributed by atoms with Gasteiger partial charge in [0.15, 0.2) is 0 Å². The summed E-state index contributed by atoms with van der Waals surface area (Å²) in [7, 11) is 0. The van der Waals surface area contributed by atoms with E-state index in [4.69, 9.17) is 0 Å². The first-order chi connectivity index (χ1) is 11.2. The van der Waals surface area contributed by atoms with Crippen molar-refractivity contribution < 1.29 is 22.8 Å². The summed E-state index contributed by atoms with van der Waals surface area (Å²) in [5.41, 5.74) is -1.39. The molecule has 24 heavy (non-hydrogen) atoms. The summed E-state index contributed by atoms with van der Waals surface area (Å²) in [6.07, 6.45) is -1.15. The maximum Gasteiger partial charge on any atom is 0.416 e. The van der Waals surface area contributed by atoms with Crippen molar-refractivity contribution in [1.29, 1.82) is 0 Å². The minimum Gasteiger partial charge on any atom is -0.323 e. The lowest BCUT2D eigenvalue weighted by Gasteiger charge is -2.36. The first-order valence-corrected chi connectivity index (χ1v) is 8.04. The number of halogens is 3. The second-order valence-electron chi connectivity index (χ2n) is 6.64. The van der Waals surface area contributed by atoms with Crippen LogP contribution in [0.3, 0.4) is 0 Å². The Labute approximate surface area is 138 Å². The minimum atomic E-state index is -4.45. The molecule has 0 bridgehead atoms. The number of nitrogens with zero attached hydrogens (tertiary/aromatic N) is 1. The van der Waals surface area contributed by atoms with Crippen molar-refractivity contribution in [2.75, 3.05) is 0 Å². The van der Waals surface area contributed by atoms with Crippen LogP contribution in [-0.4, -0.2) is 22.4 Å². The summed E-state index contributed by atoms with van der Waals surface area (Å²) in [5, 5.41) is 2.80. The number of urea groups is 1. The molecule has 1 aliphatic heterocycles. The Hall–Kier alpha value is -2.05. The largest absolute Gasteiger partial charge is 0.416 e. The number of nitrogens with one attached hydrogen (secondary N) is 1. The Bertz CT molecular complexity index is 674. The molecule has 0 aromatic heterocycles. The molecule has 1 aliphatic carbocycles. The van der Waals surface area contributed by atoms with E-state index in [1.165, 1.54) is 12.1 Å². The molecule has 1 spiro atoms. The number of hydrogen-bond donors (Lipinski definition) is 1. The van der Waals surface area contributed by atoms with Crippen molar-refractivity contribution in [2.24, 2.45) is 5.92 Å². The lowest BCUT2D eigenvalue weighted by atomic mass is 9.73. The van der Waals surface area contributed by atoms with E-state index in [2.05, 4.69) is 5.32 Å². The molecule has 2 aliphatic rings. The van der Waals surface area contributed by atoms with Crippen LogP contribution in [0, 0.1) is 5.92 Å². The molecule has 7 heteroatoms. The highest BCUT2D eigenvalue weighted by molar-refractivity contribution is 6.07. The molecule has 1 saturated carbocycles. The SMILES string of the molecule is C[C@@H]1CCCC[C@@]12NC(=O)N(Cc1cccc(C(F)(F)F)c1)C2=O. The van der Waals surface area contributed by atoms with Gasteiger partial charge in [-0.15, -0.1) is 0 Å². The molecule has 0 radical (unpaired) electrons. The summed E-state index contributed by atoms with van der Waals surface area (Å²) in [6.45, 7) is 1.79. The van der Waals surface area contributed by atoms with Crippen molar-refractivity contribution in [3.05, 3.63) is 35.4 Å². The molecule has 2 fully saturated rings. The zero-order valence-electron chi connectivity index (χ0n) is 13.3.